The predicted molar refractivity (Wildman–Crippen MR) is 443 cm³/mol. The van der Waals surface area contributed by atoms with Crippen LogP contribution < -0.4 is 66.4 Å². The summed E-state index contributed by atoms with van der Waals surface area (Å²) < 4.78 is 79.3. The topological polar surface area (TPSA) is 320 Å². The third kappa shape index (κ3) is 24.4. The number of para-hydroxylation sites is 3. The van der Waals surface area contributed by atoms with Crippen LogP contribution in [0.3, 0.4) is 0 Å². The van der Waals surface area contributed by atoms with E-state index < -0.39 is 18.9 Å². The van der Waals surface area contributed by atoms with Gasteiger partial charge in [-0.05, 0) is 153 Å². The van der Waals surface area contributed by atoms with Crippen LogP contribution in [-0.4, -0.2) is 88.2 Å². The predicted octanol–water partition coefficient (Wildman–Crippen LogP) is 12.7. The standard InChI is InChI=1S/C29H30FN3O3.C27H26FN3O3.C22H23BrN2O3.C7H9BFNO2.2CH4.ClH.Na.H2O/c1-2-35-28(34)14-21-6-3-4-9-27(21)36-18-20-12-24(23-8-5-7-22(15-31)29(23)30)25-16-32-33(26(25)13-20)17-19-10-11-19;28-27-20(13-29)5-3-6-21(27)22-10-18(11-24-23(22)14-30-31(24)15-17-8-9-17)16-34-25-7-2-1-4-19(25)12-26(32)33;1-2-27-22(26)11-17-5-3-4-6-21(17)28-14-16-9-19(23)18-12-24-25(20(18)10-16)13-15-7-8-15;9-7-5(4-10)2-1-3-6(7)8(11)12;;;;;/h3-9,12-13,16,19H,2,10-11,14-15,17-18,31H2,1H3;1-7,10-11,14,17H,8-9,12-13,15-16,29H2,(H,32,33);3-6,9-10,12,15H,2,7-8,11,13-14H2,1H3;1-3,11-12H,4,10H2;2*1H4;1H;;1H2/q;;;;;;;+1;/p-1. The number of aromatic nitrogens is 6. The van der Waals surface area contributed by atoms with Crippen molar-refractivity contribution in [3.8, 4) is 39.5 Å². The smallest absolute Gasteiger partial charge is 0.870 e. The minimum absolute atomic E-state index is 0. The summed E-state index contributed by atoms with van der Waals surface area (Å²) in [4.78, 5) is 35.1. The molecule has 0 amide bonds. The zero-order valence-electron chi connectivity index (χ0n) is 63.2. The summed E-state index contributed by atoms with van der Waals surface area (Å²) >= 11 is 3.66. The van der Waals surface area contributed by atoms with Crippen LogP contribution in [0.5, 0.6) is 17.2 Å². The second-order valence-corrected chi connectivity index (χ2v) is 28.4. The van der Waals surface area contributed by atoms with Gasteiger partial charge in [0.05, 0.1) is 67.6 Å². The van der Waals surface area contributed by atoms with Crippen molar-refractivity contribution >= 4 is 91.5 Å². The SMILES string of the molecule is C.C.CCOC(=O)Cc1ccccc1OCc1cc(-c2cccc(CN)c2F)c2cnn(CC3CC3)c2c1.CCOC(=O)Cc1ccccc1OCc1cc(Br)c2cnn(CC3CC3)c2c1.Cl.NCc1cccc(-c2cc(COc3ccccc3CC(=O)O)cc3c2cnn3CC2CC2)c1F.NCc1cccc(B(O)O)c1F.[Na+].[OH-]. The molecule has 3 aliphatic carbocycles. The number of nitrogens with two attached hydrogens (primary N) is 3. The van der Waals surface area contributed by atoms with Crippen LogP contribution >= 0.6 is 28.3 Å². The molecule has 10 N–H and O–H groups in total. The average Bonchev–Trinajstić information content (AvgIpc) is 1.51. The Bertz CT molecular complexity index is 5260. The molecule has 0 aliphatic heterocycles. The van der Waals surface area contributed by atoms with Crippen molar-refractivity contribution in [2.24, 2.45) is 35.0 Å². The van der Waals surface area contributed by atoms with E-state index in [4.69, 9.17) is 50.9 Å². The minimum Gasteiger partial charge on any atom is -0.870 e. The molecule has 602 valence electrons. The molecular weight excluding hydrogens is 1570 g/mol. The molecule has 3 fully saturated rings. The zero-order valence-corrected chi connectivity index (χ0v) is 67.6. The third-order valence-corrected chi connectivity index (χ3v) is 20.0. The number of hydrogen-bond donors (Lipinski definition) is 6. The molecule has 0 bridgehead atoms. The van der Waals surface area contributed by atoms with E-state index in [1.54, 1.807) is 55.6 Å². The largest absolute Gasteiger partial charge is 1.00 e. The van der Waals surface area contributed by atoms with Crippen molar-refractivity contribution in [1.82, 2.24) is 29.3 Å². The van der Waals surface area contributed by atoms with Crippen LogP contribution in [0.25, 0.3) is 55.0 Å². The van der Waals surface area contributed by atoms with Crippen LogP contribution in [0.2, 0.25) is 0 Å². The number of aliphatic carboxylic acids is 1. The first-order chi connectivity index (χ1) is 53.4. The van der Waals surface area contributed by atoms with Gasteiger partial charge in [0.25, 0.3) is 0 Å². The number of esters is 2. The van der Waals surface area contributed by atoms with E-state index in [0.29, 0.717) is 76.7 Å². The number of carboxylic acid groups (broad SMARTS) is 1. The van der Waals surface area contributed by atoms with Gasteiger partial charge in [-0.1, -0.05) is 140 Å². The number of rotatable bonds is 29. The molecule has 0 unspecified atom stereocenters. The summed E-state index contributed by atoms with van der Waals surface area (Å²) in [7, 11) is -1.78. The Morgan fingerprint density at radius 1 is 0.470 bits per heavy atom. The summed E-state index contributed by atoms with van der Waals surface area (Å²) in [6, 6.07) is 49.3. The Morgan fingerprint density at radius 3 is 1.16 bits per heavy atom. The van der Waals surface area contributed by atoms with E-state index in [2.05, 4.69) is 54.1 Å². The van der Waals surface area contributed by atoms with Crippen molar-refractivity contribution in [1.29, 1.82) is 0 Å². The minimum atomic E-state index is -1.78. The number of carbonyl (C=O) groups is 3. The molecule has 0 spiro atoms. The first-order valence-electron chi connectivity index (χ1n) is 37.0. The van der Waals surface area contributed by atoms with Crippen LogP contribution in [-0.2, 0) is 102 Å². The molecule has 12 aromatic rings. The van der Waals surface area contributed by atoms with Crippen molar-refractivity contribution in [2.45, 2.75) is 146 Å². The number of nitrogens with zero attached hydrogens (tertiary/aromatic N) is 6. The van der Waals surface area contributed by atoms with Crippen LogP contribution in [0.4, 0.5) is 13.2 Å². The number of hydrogen-bond acceptors (Lipinski definition) is 17. The first kappa shape index (κ1) is 92.8. The van der Waals surface area contributed by atoms with E-state index >= 15 is 8.78 Å². The Kier molecular flexibility index (Phi) is 35.5. The van der Waals surface area contributed by atoms with Gasteiger partial charge in [-0.25, -0.2) is 13.2 Å². The second kappa shape index (κ2) is 44.1. The molecular formula is C87H98BBrClF3N9NaO12. The average molecular weight is 1670 g/mol. The molecule has 9 aromatic carbocycles. The summed E-state index contributed by atoms with van der Waals surface area (Å²) in [5.74, 6) is 1.15. The molecule has 3 aromatic heterocycles. The van der Waals surface area contributed by atoms with E-state index in [0.717, 1.165) is 102 Å². The molecule has 0 radical (unpaired) electrons. The molecule has 3 saturated carbocycles. The van der Waals surface area contributed by atoms with Gasteiger partial charge in [-0.15, -0.1) is 12.4 Å². The third-order valence-electron chi connectivity index (χ3n) is 19.3. The summed E-state index contributed by atoms with van der Waals surface area (Å²) in [5, 5.41) is 43.3. The van der Waals surface area contributed by atoms with Gasteiger partial charge in [0.1, 0.15) is 54.5 Å². The van der Waals surface area contributed by atoms with Gasteiger partial charge in [-0.2, -0.15) is 15.3 Å². The fourth-order valence-electron chi connectivity index (χ4n) is 13.0. The van der Waals surface area contributed by atoms with Crippen LogP contribution in [0.1, 0.15) is 117 Å². The van der Waals surface area contributed by atoms with Crippen LogP contribution in [0, 0.1) is 35.2 Å². The molecule has 3 heterocycles. The fraction of sp³-hybridized carbons (Fsp3) is 0.310. The zero-order chi connectivity index (χ0) is 77.4. The summed E-state index contributed by atoms with van der Waals surface area (Å²) in [5.41, 5.74) is 28.3. The number of ether oxygens (including phenoxy) is 5. The normalized spacial score (nSPS) is 12.4. The fourth-order valence-corrected chi connectivity index (χ4v) is 13.6. The van der Waals surface area contributed by atoms with Crippen molar-refractivity contribution in [3.05, 3.63) is 254 Å². The Hall–Kier alpha value is -9.42. The van der Waals surface area contributed by atoms with Gasteiger partial charge < -0.3 is 61.5 Å². The Morgan fingerprint density at radius 2 is 0.800 bits per heavy atom. The molecule has 0 atom stereocenters. The van der Waals surface area contributed by atoms with E-state index in [9.17, 15) is 23.9 Å². The van der Waals surface area contributed by atoms with Gasteiger partial charge >= 0.3 is 54.6 Å². The van der Waals surface area contributed by atoms with Crippen molar-refractivity contribution in [3.63, 3.8) is 0 Å². The van der Waals surface area contributed by atoms with Crippen molar-refractivity contribution < 1.29 is 101 Å². The maximum atomic E-state index is 15.4. The van der Waals surface area contributed by atoms with Crippen molar-refractivity contribution in [2.75, 3.05) is 13.2 Å². The Balaban J connectivity index is 0.000000219. The quantitative estimate of drug-likeness (QED) is 0.0187. The summed E-state index contributed by atoms with van der Waals surface area (Å²) in [6.45, 7) is 8.15. The van der Waals surface area contributed by atoms with Gasteiger partial charge in [0.15, 0.2) is 0 Å². The maximum Gasteiger partial charge on any atom is 1.00 e. The monoisotopic (exact) mass is 1670 g/mol. The number of carboxylic acids is 1. The molecule has 15 rings (SSSR count). The van der Waals surface area contributed by atoms with E-state index in [-0.39, 0.29) is 149 Å². The van der Waals surface area contributed by atoms with Crippen LogP contribution in [0.15, 0.2) is 187 Å². The molecule has 0 saturated heterocycles. The second-order valence-electron chi connectivity index (χ2n) is 27.6. The maximum absolute atomic E-state index is 15.4. The molecule has 115 heavy (non-hydrogen) atoms. The summed E-state index contributed by atoms with van der Waals surface area (Å²) in [6.07, 6.45) is 13.2. The number of fused-ring (bicyclic) bond motifs is 3. The van der Waals surface area contributed by atoms with E-state index in [1.807, 2.05) is 114 Å². The number of carbonyl (C=O) groups excluding carboxylic acids is 2. The Labute approximate surface area is 704 Å². The molecule has 28 heteroatoms. The molecule has 21 nitrogen and oxygen atoms in total. The van der Waals surface area contributed by atoms with Gasteiger partial charge in [0.2, 0.25) is 0 Å². The van der Waals surface area contributed by atoms with Gasteiger partial charge in [-0.3, -0.25) is 28.4 Å². The first-order valence-corrected chi connectivity index (χ1v) is 37.7. The number of benzene rings is 9. The number of halogens is 5. The molecule has 3 aliphatic rings. The van der Waals surface area contributed by atoms with Gasteiger partial charge in [0, 0.05) is 110 Å². The van der Waals surface area contributed by atoms with E-state index in [1.165, 1.54) is 56.7 Å².